The van der Waals surface area contributed by atoms with Crippen LogP contribution in [0.2, 0.25) is 5.15 Å². The molecule has 0 spiro atoms. The molecule has 20 heavy (non-hydrogen) atoms. The molecule has 1 aromatic carbocycles. The van der Waals surface area contributed by atoms with Gasteiger partial charge in [-0.05, 0) is 56.6 Å². The normalized spacial score (nSPS) is 11.2. The van der Waals surface area contributed by atoms with Gasteiger partial charge in [-0.15, -0.1) is 0 Å². The van der Waals surface area contributed by atoms with Crippen LogP contribution in [0.5, 0.6) is 0 Å². The van der Waals surface area contributed by atoms with Gasteiger partial charge in [-0.1, -0.05) is 25.4 Å². The highest BCUT2D eigenvalue weighted by Crippen LogP contribution is 2.33. The fourth-order valence-electron chi connectivity index (χ4n) is 1.64. The molecule has 2 aromatic rings. The molecule has 0 aliphatic carbocycles. The Balaban J connectivity index is 2.68. The van der Waals surface area contributed by atoms with Crippen molar-refractivity contribution in [1.82, 2.24) is 9.97 Å². The minimum Gasteiger partial charge on any atom is -0.232 e. The van der Waals surface area contributed by atoms with Crippen molar-refractivity contribution < 1.29 is 8.78 Å². The molecule has 0 aliphatic heterocycles. The quantitative estimate of drug-likeness (QED) is 0.324. The van der Waals surface area contributed by atoms with E-state index >= 15 is 0 Å². The SMILES string of the molecule is CC(C)c1nc(-c2ccc(F)c(F)c2Br)nc(Cl)c1I. The van der Waals surface area contributed by atoms with Crippen LogP contribution in [-0.2, 0) is 0 Å². The maximum Gasteiger partial charge on any atom is 0.173 e. The zero-order valence-electron chi connectivity index (χ0n) is 10.5. The molecule has 1 aromatic heterocycles. The highest BCUT2D eigenvalue weighted by molar-refractivity contribution is 14.1. The van der Waals surface area contributed by atoms with Gasteiger partial charge in [0, 0.05) is 5.56 Å². The summed E-state index contributed by atoms with van der Waals surface area (Å²) in [5.74, 6) is -1.48. The van der Waals surface area contributed by atoms with E-state index in [2.05, 4.69) is 48.5 Å². The average Bonchev–Trinajstić information content (AvgIpc) is 2.39. The average molecular weight is 473 g/mol. The van der Waals surface area contributed by atoms with E-state index < -0.39 is 11.6 Å². The first kappa shape index (κ1) is 16.0. The smallest absolute Gasteiger partial charge is 0.173 e. The van der Waals surface area contributed by atoms with Crippen LogP contribution < -0.4 is 0 Å². The van der Waals surface area contributed by atoms with Crippen LogP contribution in [0.1, 0.15) is 25.5 Å². The molecule has 0 bridgehead atoms. The molecule has 0 amide bonds. The molecule has 2 rings (SSSR count). The Morgan fingerprint density at radius 3 is 2.50 bits per heavy atom. The van der Waals surface area contributed by atoms with E-state index in [1.807, 2.05) is 13.8 Å². The van der Waals surface area contributed by atoms with Gasteiger partial charge in [0.2, 0.25) is 0 Å². The summed E-state index contributed by atoms with van der Waals surface area (Å²) in [6.45, 7) is 3.95. The van der Waals surface area contributed by atoms with E-state index in [0.29, 0.717) is 10.7 Å². The summed E-state index contributed by atoms with van der Waals surface area (Å²) in [6.07, 6.45) is 0. The second-order valence-corrected chi connectivity index (χ2v) is 6.64. The molecule has 0 fully saturated rings. The Kier molecular flexibility index (Phi) is 4.96. The van der Waals surface area contributed by atoms with Gasteiger partial charge in [0.05, 0.1) is 13.7 Å². The van der Waals surface area contributed by atoms with E-state index in [4.69, 9.17) is 11.6 Å². The van der Waals surface area contributed by atoms with Gasteiger partial charge in [0.25, 0.3) is 0 Å². The third-order valence-electron chi connectivity index (χ3n) is 2.66. The number of benzene rings is 1. The molecule has 0 saturated carbocycles. The molecule has 0 aliphatic rings. The zero-order chi connectivity index (χ0) is 15.0. The summed E-state index contributed by atoms with van der Waals surface area (Å²) in [5.41, 5.74) is 1.14. The molecule has 106 valence electrons. The van der Waals surface area contributed by atoms with Gasteiger partial charge in [0.15, 0.2) is 17.5 Å². The van der Waals surface area contributed by atoms with Crippen molar-refractivity contribution in [3.05, 3.63) is 42.7 Å². The second kappa shape index (κ2) is 6.19. The summed E-state index contributed by atoms with van der Waals surface area (Å²) in [6, 6.07) is 2.46. The fourth-order valence-corrected chi connectivity index (χ4v) is 3.18. The third-order valence-corrected chi connectivity index (χ3v) is 5.09. The van der Waals surface area contributed by atoms with Crippen LogP contribution in [0.15, 0.2) is 16.6 Å². The van der Waals surface area contributed by atoms with Gasteiger partial charge in [-0.2, -0.15) is 0 Å². The Morgan fingerprint density at radius 1 is 1.25 bits per heavy atom. The van der Waals surface area contributed by atoms with Gasteiger partial charge in [-0.25, -0.2) is 18.7 Å². The third kappa shape index (κ3) is 2.96. The first-order chi connectivity index (χ1) is 9.32. The van der Waals surface area contributed by atoms with Crippen molar-refractivity contribution in [3.63, 3.8) is 0 Å². The predicted octanol–water partition coefficient (Wildman–Crippen LogP) is 5.57. The van der Waals surface area contributed by atoms with Gasteiger partial charge >= 0.3 is 0 Å². The van der Waals surface area contributed by atoms with Crippen molar-refractivity contribution in [1.29, 1.82) is 0 Å². The predicted molar refractivity (Wildman–Crippen MR) is 86.9 cm³/mol. The largest absolute Gasteiger partial charge is 0.232 e. The van der Waals surface area contributed by atoms with Gasteiger partial charge in [0.1, 0.15) is 5.15 Å². The summed E-state index contributed by atoms with van der Waals surface area (Å²) < 4.78 is 27.5. The van der Waals surface area contributed by atoms with Crippen LogP contribution in [0, 0.1) is 15.2 Å². The topological polar surface area (TPSA) is 25.8 Å². The lowest BCUT2D eigenvalue weighted by Gasteiger charge is -2.12. The highest BCUT2D eigenvalue weighted by Gasteiger charge is 2.18. The van der Waals surface area contributed by atoms with E-state index in [9.17, 15) is 8.78 Å². The first-order valence-corrected chi connectivity index (χ1v) is 7.94. The number of hydrogen-bond acceptors (Lipinski definition) is 2. The molecule has 1 heterocycles. The number of aromatic nitrogens is 2. The monoisotopic (exact) mass is 472 g/mol. The number of rotatable bonds is 2. The molecule has 7 heteroatoms. The standard InChI is InChI=1S/C13H9BrClF2IN2/c1-5(2)11-10(18)12(15)20-13(19-11)6-3-4-7(16)9(17)8(6)14/h3-5H,1-2H3. The summed E-state index contributed by atoms with van der Waals surface area (Å²) in [7, 11) is 0. The summed E-state index contributed by atoms with van der Waals surface area (Å²) >= 11 is 11.2. The minimum atomic E-state index is -0.966. The second-order valence-electron chi connectivity index (χ2n) is 4.41. The van der Waals surface area contributed by atoms with Crippen molar-refractivity contribution >= 4 is 50.1 Å². The highest BCUT2D eigenvalue weighted by atomic mass is 127. The van der Waals surface area contributed by atoms with Crippen LogP contribution in [0.3, 0.4) is 0 Å². The molecule has 0 atom stereocenters. The minimum absolute atomic E-state index is 0.00974. The van der Waals surface area contributed by atoms with Gasteiger partial charge < -0.3 is 0 Å². The molecular weight excluding hydrogens is 464 g/mol. The lowest BCUT2D eigenvalue weighted by molar-refractivity contribution is 0.504. The summed E-state index contributed by atoms with van der Waals surface area (Å²) in [5, 5.41) is 0.302. The first-order valence-electron chi connectivity index (χ1n) is 5.69. The fraction of sp³-hybridized carbons (Fsp3) is 0.231. The van der Waals surface area contributed by atoms with Crippen molar-refractivity contribution in [3.8, 4) is 11.4 Å². The number of nitrogens with zero attached hydrogens (tertiary/aromatic N) is 2. The molecular formula is C13H9BrClF2IN2. The van der Waals surface area contributed by atoms with Crippen molar-refractivity contribution in [2.45, 2.75) is 19.8 Å². The molecule has 0 N–H and O–H groups in total. The van der Waals surface area contributed by atoms with Gasteiger partial charge in [-0.3, -0.25) is 0 Å². The van der Waals surface area contributed by atoms with E-state index in [-0.39, 0.29) is 16.2 Å². The number of hydrogen-bond donors (Lipinski definition) is 0. The van der Waals surface area contributed by atoms with E-state index in [1.54, 1.807) is 0 Å². The van der Waals surface area contributed by atoms with Crippen LogP contribution in [0.4, 0.5) is 8.78 Å². The van der Waals surface area contributed by atoms with Crippen molar-refractivity contribution in [2.24, 2.45) is 0 Å². The Bertz CT molecular complexity index is 680. The molecule has 0 radical (unpaired) electrons. The summed E-state index contributed by atoms with van der Waals surface area (Å²) in [4.78, 5) is 8.56. The van der Waals surface area contributed by atoms with Crippen molar-refractivity contribution in [2.75, 3.05) is 0 Å². The Hall–Kier alpha value is -0.340. The van der Waals surface area contributed by atoms with Crippen LogP contribution in [0.25, 0.3) is 11.4 Å². The molecule has 0 unspecified atom stereocenters. The van der Waals surface area contributed by atoms with E-state index in [1.165, 1.54) is 6.07 Å². The van der Waals surface area contributed by atoms with Crippen LogP contribution in [-0.4, -0.2) is 9.97 Å². The number of halogens is 5. The molecule has 0 saturated heterocycles. The van der Waals surface area contributed by atoms with Crippen LogP contribution >= 0.6 is 50.1 Å². The lowest BCUT2D eigenvalue weighted by atomic mass is 10.1. The molecule has 2 nitrogen and oxygen atoms in total. The zero-order valence-corrected chi connectivity index (χ0v) is 15.0. The Morgan fingerprint density at radius 2 is 1.90 bits per heavy atom. The maximum atomic E-state index is 13.6. The Labute approximate surface area is 142 Å². The van der Waals surface area contributed by atoms with E-state index in [0.717, 1.165) is 15.3 Å². The lowest BCUT2D eigenvalue weighted by Crippen LogP contribution is -2.03. The maximum absolute atomic E-state index is 13.6.